The van der Waals surface area contributed by atoms with Crippen LogP contribution in [0.2, 0.25) is 0 Å². The number of amides is 2. The minimum absolute atomic E-state index is 0.0761. The molecule has 1 heterocycles. The molecule has 0 fully saturated rings. The molecular formula is C17H15N3O4S. The van der Waals surface area contributed by atoms with E-state index in [4.69, 9.17) is 9.94 Å². The molecule has 128 valence electrons. The van der Waals surface area contributed by atoms with Crippen LogP contribution in [0.25, 0.3) is 10.2 Å². The molecular weight excluding hydrogens is 342 g/mol. The SMILES string of the molecule is O=C(NCc1nc2ccccc2s1)OCc1ccc(C(=O)NO)cc1. The van der Waals surface area contributed by atoms with Crippen LogP contribution in [0.3, 0.4) is 0 Å². The van der Waals surface area contributed by atoms with Gasteiger partial charge >= 0.3 is 6.09 Å². The van der Waals surface area contributed by atoms with E-state index in [0.717, 1.165) is 20.8 Å². The molecule has 0 aliphatic heterocycles. The second kappa shape index (κ2) is 7.73. The van der Waals surface area contributed by atoms with Gasteiger partial charge in [-0.15, -0.1) is 11.3 Å². The van der Waals surface area contributed by atoms with Crippen LogP contribution < -0.4 is 10.8 Å². The highest BCUT2D eigenvalue weighted by Crippen LogP contribution is 2.21. The smallest absolute Gasteiger partial charge is 0.407 e. The van der Waals surface area contributed by atoms with Crippen molar-refractivity contribution < 1.29 is 19.5 Å². The molecule has 0 spiro atoms. The minimum Gasteiger partial charge on any atom is -0.445 e. The molecule has 25 heavy (non-hydrogen) atoms. The molecule has 0 aliphatic carbocycles. The average molecular weight is 357 g/mol. The van der Waals surface area contributed by atoms with Crippen molar-refractivity contribution in [3.05, 3.63) is 64.7 Å². The quantitative estimate of drug-likeness (QED) is 0.481. The highest BCUT2D eigenvalue weighted by molar-refractivity contribution is 7.18. The van der Waals surface area contributed by atoms with Gasteiger partial charge in [0.15, 0.2) is 0 Å². The van der Waals surface area contributed by atoms with Crippen molar-refractivity contribution in [1.29, 1.82) is 0 Å². The third-order valence-corrected chi connectivity index (χ3v) is 4.45. The van der Waals surface area contributed by atoms with Gasteiger partial charge in [0.2, 0.25) is 0 Å². The van der Waals surface area contributed by atoms with Crippen LogP contribution in [0.1, 0.15) is 20.9 Å². The second-order valence-electron chi connectivity index (χ2n) is 5.14. The lowest BCUT2D eigenvalue weighted by molar-refractivity contribution is 0.0706. The van der Waals surface area contributed by atoms with E-state index in [-0.39, 0.29) is 6.61 Å². The van der Waals surface area contributed by atoms with E-state index in [0.29, 0.717) is 12.1 Å². The van der Waals surface area contributed by atoms with Gasteiger partial charge in [0.05, 0.1) is 16.8 Å². The predicted molar refractivity (Wildman–Crippen MR) is 92.3 cm³/mol. The van der Waals surface area contributed by atoms with Crippen LogP contribution in [0.5, 0.6) is 0 Å². The van der Waals surface area contributed by atoms with Crippen molar-refractivity contribution >= 4 is 33.6 Å². The predicted octanol–water partition coefficient (Wildman–Crippen LogP) is 2.84. The first-order valence-corrected chi connectivity index (χ1v) is 8.26. The number of hydrogen-bond acceptors (Lipinski definition) is 6. The third kappa shape index (κ3) is 4.31. The molecule has 0 bridgehead atoms. The van der Waals surface area contributed by atoms with E-state index in [1.54, 1.807) is 17.6 Å². The number of para-hydroxylation sites is 1. The molecule has 1 aromatic heterocycles. The van der Waals surface area contributed by atoms with Gasteiger partial charge in [0.25, 0.3) is 5.91 Å². The first-order valence-electron chi connectivity index (χ1n) is 7.44. The summed E-state index contributed by atoms with van der Waals surface area (Å²) in [5.41, 5.74) is 3.50. The second-order valence-corrected chi connectivity index (χ2v) is 6.26. The molecule has 2 amide bonds. The van der Waals surface area contributed by atoms with Gasteiger partial charge in [-0.1, -0.05) is 24.3 Å². The molecule has 0 unspecified atom stereocenters. The van der Waals surface area contributed by atoms with E-state index in [9.17, 15) is 9.59 Å². The number of hydroxylamine groups is 1. The highest BCUT2D eigenvalue weighted by atomic mass is 32.1. The van der Waals surface area contributed by atoms with Gasteiger partial charge in [-0.2, -0.15) is 0 Å². The lowest BCUT2D eigenvalue weighted by atomic mass is 10.1. The van der Waals surface area contributed by atoms with Crippen molar-refractivity contribution in [1.82, 2.24) is 15.8 Å². The van der Waals surface area contributed by atoms with Crippen LogP contribution in [-0.2, 0) is 17.9 Å². The van der Waals surface area contributed by atoms with E-state index in [1.165, 1.54) is 23.5 Å². The van der Waals surface area contributed by atoms with E-state index >= 15 is 0 Å². The molecule has 0 aliphatic rings. The summed E-state index contributed by atoms with van der Waals surface area (Å²) in [5.74, 6) is -0.596. The maximum absolute atomic E-state index is 11.8. The monoisotopic (exact) mass is 357 g/mol. The maximum atomic E-state index is 11.8. The summed E-state index contributed by atoms with van der Waals surface area (Å²) >= 11 is 1.52. The van der Waals surface area contributed by atoms with Crippen LogP contribution >= 0.6 is 11.3 Å². The summed E-state index contributed by atoms with van der Waals surface area (Å²) in [7, 11) is 0. The number of benzene rings is 2. The maximum Gasteiger partial charge on any atom is 0.407 e. The van der Waals surface area contributed by atoms with Crippen molar-refractivity contribution in [2.45, 2.75) is 13.2 Å². The number of ether oxygens (including phenoxy) is 1. The largest absolute Gasteiger partial charge is 0.445 e. The van der Waals surface area contributed by atoms with E-state index < -0.39 is 12.0 Å². The van der Waals surface area contributed by atoms with Crippen molar-refractivity contribution in [2.24, 2.45) is 0 Å². The number of carbonyl (C=O) groups is 2. The van der Waals surface area contributed by atoms with Gasteiger partial charge in [0, 0.05) is 5.56 Å². The number of thiazole rings is 1. The number of fused-ring (bicyclic) bond motifs is 1. The lowest BCUT2D eigenvalue weighted by Gasteiger charge is -2.06. The van der Waals surface area contributed by atoms with E-state index in [1.807, 2.05) is 24.3 Å². The zero-order valence-corrected chi connectivity index (χ0v) is 13.9. The summed E-state index contributed by atoms with van der Waals surface area (Å²) in [4.78, 5) is 27.4. The summed E-state index contributed by atoms with van der Waals surface area (Å²) in [6.07, 6.45) is -0.545. The van der Waals surface area contributed by atoms with Crippen molar-refractivity contribution in [2.75, 3.05) is 0 Å². The van der Waals surface area contributed by atoms with Gasteiger partial charge in [0.1, 0.15) is 11.6 Å². The molecule has 3 aromatic rings. The van der Waals surface area contributed by atoms with Crippen molar-refractivity contribution in [3.8, 4) is 0 Å². The summed E-state index contributed by atoms with van der Waals surface area (Å²) < 4.78 is 6.20. The van der Waals surface area contributed by atoms with Crippen molar-refractivity contribution in [3.63, 3.8) is 0 Å². The molecule has 8 heteroatoms. The molecule has 0 saturated heterocycles. The number of aromatic nitrogens is 1. The molecule has 7 nitrogen and oxygen atoms in total. The fraction of sp³-hybridized carbons (Fsp3) is 0.118. The zero-order valence-electron chi connectivity index (χ0n) is 13.1. The van der Waals surface area contributed by atoms with Crippen LogP contribution in [0.15, 0.2) is 48.5 Å². The number of hydrogen-bond donors (Lipinski definition) is 3. The molecule has 0 atom stereocenters. The summed E-state index contributed by atoms with van der Waals surface area (Å²) in [6, 6.07) is 14.1. The number of nitrogens with one attached hydrogen (secondary N) is 2. The molecule has 0 saturated carbocycles. The van der Waals surface area contributed by atoms with Crippen LogP contribution in [-0.4, -0.2) is 22.2 Å². The minimum atomic E-state index is -0.596. The molecule has 2 aromatic carbocycles. The Balaban J connectivity index is 1.48. The van der Waals surface area contributed by atoms with Gasteiger partial charge in [-0.05, 0) is 29.8 Å². The molecule has 0 radical (unpaired) electrons. The first kappa shape index (κ1) is 16.9. The van der Waals surface area contributed by atoms with Crippen LogP contribution in [0, 0.1) is 0 Å². The third-order valence-electron chi connectivity index (χ3n) is 3.41. The number of alkyl carbamates (subject to hydrolysis) is 1. The Bertz CT molecular complexity index is 859. The number of rotatable bonds is 5. The normalized spacial score (nSPS) is 10.4. The lowest BCUT2D eigenvalue weighted by Crippen LogP contribution is -2.23. The number of carbonyl (C=O) groups excluding carboxylic acids is 2. The average Bonchev–Trinajstić information content (AvgIpc) is 3.07. The molecule has 3 rings (SSSR count). The number of nitrogens with zero attached hydrogens (tertiary/aromatic N) is 1. The Kier molecular flexibility index (Phi) is 5.22. The van der Waals surface area contributed by atoms with Gasteiger partial charge in [-0.25, -0.2) is 15.3 Å². The Hall–Kier alpha value is -2.97. The Morgan fingerprint density at radius 2 is 1.88 bits per heavy atom. The van der Waals surface area contributed by atoms with E-state index in [2.05, 4.69) is 10.3 Å². The Morgan fingerprint density at radius 3 is 2.60 bits per heavy atom. The Morgan fingerprint density at radius 1 is 1.12 bits per heavy atom. The topological polar surface area (TPSA) is 101 Å². The first-order chi connectivity index (χ1) is 12.2. The Labute approximate surface area is 147 Å². The summed E-state index contributed by atoms with van der Waals surface area (Å²) in [6.45, 7) is 0.375. The highest BCUT2D eigenvalue weighted by Gasteiger charge is 2.08. The van der Waals surface area contributed by atoms with Gasteiger partial charge in [-0.3, -0.25) is 10.0 Å². The zero-order chi connectivity index (χ0) is 17.6. The van der Waals surface area contributed by atoms with Crippen LogP contribution in [0.4, 0.5) is 4.79 Å². The fourth-order valence-electron chi connectivity index (χ4n) is 2.16. The summed E-state index contributed by atoms with van der Waals surface area (Å²) in [5, 5.41) is 12.0. The fourth-order valence-corrected chi connectivity index (χ4v) is 3.07. The standard InChI is InChI=1S/C17H15N3O4S/c21-16(20-23)12-7-5-11(6-8-12)10-24-17(22)18-9-15-19-13-3-1-2-4-14(13)25-15/h1-8,23H,9-10H2,(H,18,22)(H,20,21). The molecule has 3 N–H and O–H groups in total. The van der Waals surface area contributed by atoms with Gasteiger partial charge < -0.3 is 10.1 Å².